The molecule has 21 nitrogen and oxygen atoms in total. The molecule has 0 aliphatic carbocycles. The maximum Gasteiger partial charge on any atom is 0.294 e. The van der Waals surface area contributed by atoms with Crippen LogP contribution in [0.25, 0.3) is 44.6 Å². The summed E-state index contributed by atoms with van der Waals surface area (Å²) in [6.07, 6.45) is 8.99. The Morgan fingerprint density at radius 1 is 0.671 bits per heavy atom. The summed E-state index contributed by atoms with van der Waals surface area (Å²) >= 11 is 0. The first kappa shape index (κ1) is 57.0. The molecule has 0 amide bonds. The van der Waals surface area contributed by atoms with E-state index in [4.69, 9.17) is 19.9 Å². The number of fused-ring (bicyclic) bond motifs is 2. The molecule has 9 rings (SSSR count). The number of hydrogen-bond acceptors (Lipinski definition) is 18. The molecule has 0 saturated carbocycles. The molecule has 8 aromatic rings. The van der Waals surface area contributed by atoms with Crippen molar-refractivity contribution < 1.29 is 27.9 Å². The van der Waals surface area contributed by atoms with Crippen LogP contribution in [-0.2, 0) is 18.8 Å². The van der Waals surface area contributed by atoms with Gasteiger partial charge in [0.2, 0.25) is 11.9 Å². The number of rotatable bonds is 17. The van der Waals surface area contributed by atoms with E-state index < -0.39 is 4.92 Å². The lowest BCUT2D eigenvalue weighted by atomic mass is 10.1. The van der Waals surface area contributed by atoms with Gasteiger partial charge in [0.25, 0.3) is 5.69 Å². The number of nitrogen functional groups attached to an aromatic ring is 1. The van der Waals surface area contributed by atoms with Crippen LogP contribution < -0.4 is 35.6 Å². The fourth-order valence-corrected chi connectivity index (χ4v) is 8.21. The van der Waals surface area contributed by atoms with Crippen LogP contribution in [0.15, 0.2) is 85.7 Å². The molecule has 0 radical (unpaired) electrons. The normalized spacial score (nSPS) is 11.9. The van der Waals surface area contributed by atoms with E-state index >= 15 is 0 Å². The average molecular weight is 1050 g/mol. The summed E-state index contributed by atoms with van der Waals surface area (Å²) in [4.78, 5) is 45.5. The average Bonchev–Trinajstić information content (AvgIpc) is 4.16. The minimum atomic E-state index is -0.435. The highest BCUT2D eigenvalue weighted by molar-refractivity contribution is 5.95. The third kappa shape index (κ3) is 13.9. The van der Waals surface area contributed by atoms with Gasteiger partial charge in [-0.2, -0.15) is 9.97 Å². The van der Waals surface area contributed by atoms with Crippen molar-refractivity contribution in [3.63, 3.8) is 0 Å². The Morgan fingerprint density at radius 3 is 1.54 bits per heavy atom. The van der Waals surface area contributed by atoms with Crippen LogP contribution >= 0.6 is 0 Å². The number of nitro groups is 1. The number of ether oxygens (including phenoxy) is 3. The SMILES string of the molecule is C.C1CCOC1.COc1cc(N(C)CCN(C)C)c(N)cc1Nc1ncnc(-c2cn(C)c3ccc(F)cc23)n1.COc1cc(N(C)CCN(C)C)c([N+](=O)[O-])cc1Nc1ncnc(-c2cn(C)c3ccc(F)cc23)n1. The van der Waals surface area contributed by atoms with Crippen LogP contribution in [0, 0.1) is 21.7 Å². The summed E-state index contributed by atoms with van der Waals surface area (Å²) in [5.74, 6) is 1.56. The second-order valence-electron chi connectivity index (χ2n) is 18.3. The first-order valence-electron chi connectivity index (χ1n) is 24.0. The highest BCUT2D eigenvalue weighted by Gasteiger charge is 2.23. The quantitative estimate of drug-likeness (QED) is 0.0441. The number of aromatic nitrogens is 8. The maximum absolute atomic E-state index is 13.9. The Bertz CT molecular complexity index is 3250. The van der Waals surface area contributed by atoms with Gasteiger partial charge in [-0.15, -0.1) is 0 Å². The molecule has 23 heteroatoms. The number of nitrogens with two attached hydrogens (primary N) is 1. The molecule has 1 aliphatic rings. The number of nitrogens with zero attached hydrogens (tertiary/aromatic N) is 13. The molecule has 1 fully saturated rings. The second kappa shape index (κ2) is 25.8. The molecule has 0 unspecified atom stereocenters. The van der Waals surface area contributed by atoms with E-state index in [-0.39, 0.29) is 30.7 Å². The van der Waals surface area contributed by atoms with Crippen molar-refractivity contribution in [3.8, 4) is 34.3 Å². The van der Waals surface area contributed by atoms with Gasteiger partial charge in [0.05, 0.1) is 41.9 Å². The van der Waals surface area contributed by atoms with Crippen LogP contribution in [0.4, 0.5) is 54.8 Å². The number of likely N-dealkylation sites (N-methyl/N-ethyl adjacent to an activating group) is 4. The van der Waals surface area contributed by atoms with Gasteiger partial charge in [-0.3, -0.25) is 10.1 Å². The smallest absolute Gasteiger partial charge is 0.294 e. The van der Waals surface area contributed by atoms with Gasteiger partial charge < -0.3 is 59.3 Å². The Morgan fingerprint density at radius 2 is 1.12 bits per heavy atom. The molecule has 4 aromatic heterocycles. The predicted molar refractivity (Wildman–Crippen MR) is 297 cm³/mol. The number of nitro benzene ring substituents is 1. The van der Waals surface area contributed by atoms with E-state index in [1.54, 1.807) is 38.4 Å². The maximum atomic E-state index is 13.9. The third-order valence-electron chi connectivity index (χ3n) is 12.3. The molecule has 1 aliphatic heterocycles. The predicted octanol–water partition coefficient (Wildman–Crippen LogP) is 8.76. The van der Waals surface area contributed by atoms with E-state index in [1.807, 2.05) is 86.7 Å². The molecular formula is C53H68F2N16O5. The zero-order valence-corrected chi connectivity index (χ0v) is 43.9. The summed E-state index contributed by atoms with van der Waals surface area (Å²) in [6.45, 7) is 5.02. The van der Waals surface area contributed by atoms with Gasteiger partial charge in [0.15, 0.2) is 11.6 Å². The molecule has 404 valence electrons. The first-order valence-corrected chi connectivity index (χ1v) is 24.0. The van der Waals surface area contributed by atoms with Gasteiger partial charge in [-0.25, -0.2) is 28.7 Å². The summed E-state index contributed by atoms with van der Waals surface area (Å²) in [7, 11) is 18.6. The van der Waals surface area contributed by atoms with Crippen LogP contribution in [0.1, 0.15) is 20.3 Å². The zero-order chi connectivity index (χ0) is 53.9. The van der Waals surface area contributed by atoms with E-state index in [9.17, 15) is 18.9 Å². The van der Waals surface area contributed by atoms with Gasteiger partial charge in [-0.1, -0.05) is 7.43 Å². The van der Waals surface area contributed by atoms with E-state index in [0.717, 1.165) is 55.0 Å². The zero-order valence-electron chi connectivity index (χ0n) is 43.9. The second-order valence-corrected chi connectivity index (χ2v) is 18.3. The molecule has 76 heavy (non-hydrogen) atoms. The Hall–Kier alpha value is -8.28. The van der Waals surface area contributed by atoms with Crippen molar-refractivity contribution in [3.05, 3.63) is 107 Å². The molecule has 0 atom stereocenters. The molecule has 4 aromatic carbocycles. The molecular weight excluding hydrogens is 979 g/mol. The van der Waals surface area contributed by atoms with Gasteiger partial charge in [0.1, 0.15) is 41.5 Å². The first-order chi connectivity index (χ1) is 35.9. The van der Waals surface area contributed by atoms with Gasteiger partial charge in [-0.05, 0) is 83.5 Å². The lowest BCUT2D eigenvalue weighted by molar-refractivity contribution is -0.384. The van der Waals surface area contributed by atoms with Crippen LogP contribution in [0.3, 0.4) is 0 Å². The minimum Gasteiger partial charge on any atom is -0.494 e. The molecule has 0 spiro atoms. The number of halogens is 2. The van der Waals surface area contributed by atoms with Gasteiger partial charge >= 0.3 is 0 Å². The molecule has 5 heterocycles. The molecule has 1 saturated heterocycles. The van der Waals surface area contributed by atoms with Crippen molar-refractivity contribution in [2.24, 2.45) is 14.1 Å². The van der Waals surface area contributed by atoms with Crippen molar-refractivity contribution in [2.45, 2.75) is 20.3 Å². The number of aryl methyl sites for hydroxylation is 2. The van der Waals surface area contributed by atoms with E-state index in [2.05, 4.69) is 50.3 Å². The monoisotopic (exact) mass is 1050 g/mol. The van der Waals surface area contributed by atoms with Crippen molar-refractivity contribution in [1.82, 2.24) is 48.8 Å². The summed E-state index contributed by atoms with van der Waals surface area (Å²) in [5, 5.41) is 19.5. The molecule has 4 N–H and O–H groups in total. The fourth-order valence-electron chi connectivity index (χ4n) is 8.21. The number of hydrogen-bond donors (Lipinski definition) is 3. The number of nitrogens with one attached hydrogen (secondary N) is 2. The lowest BCUT2D eigenvalue weighted by Gasteiger charge is -2.24. The highest BCUT2D eigenvalue weighted by atomic mass is 19.1. The highest BCUT2D eigenvalue weighted by Crippen LogP contribution is 2.40. The summed E-state index contributed by atoms with van der Waals surface area (Å²) < 4.78 is 47.7. The largest absolute Gasteiger partial charge is 0.494 e. The summed E-state index contributed by atoms with van der Waals surface area (Å²) in [5.41, 5.74) is 12.2. The van der Waals surface area contributed by atoms with Crippen LogP contribution in [-0.4, -0.2) is 150 Å². The number of benzene rings is 4. The Labute approximate surface area is 441 Å². The van der Waals surface area contributed by atoms with Crippen LogP contribution in [0.5, 0.6) is 11.5 Å². The number of methoxy groups -OCH3 is 2. The topological polar surface area (TPSA) is 221 Å². The number of anilines is 7. The standard InChI is InChI=1S/C24H27FN8O3.C24H29FN8O.C4H8O.CH4/c1-30(2)8-9-31(3)20-12-22(36-5)18(11-21(20)33(34)35)28-24-27-14-26-23(29-24)17-13-32(4)19-7-6-15(25)10-16(17)19;1-31(2)8-9-32(3)21-12-22(34-5)19(11-18(21)26)29-24-28-14-27-23(30-24)17-13-33(4)20-7-6-15(25)10-16(17)20;1-2-4-5-3-1;/h6-7,10-14H,8-9H2,1-5H3,(H,26,27,28,29);6-7,10-14H,8-9,26H2,1-5H3,(H,27,28,29,30);1-4H2;1H4. The third-order valence-corrected chi connectivity index (χ3v) is 12.3. The van der Waals surface area contributed by atoms with Crippen molar-refractivity contribution in [1.29, 1.82) is 0 Å². The Balaban J connectivity index is 0.000000223. The van der Waals surface area contributed by atoms with Gasteiger partial charge in [0, 0.05) is 131 Å². The minimum absolute atomic E-state index is 0. The Kier molecular flexibility index (Phi) is 19.3. The molecule has 0 bridgehead atoms. The summed E-state index contributed by atoms with van der Waals surface area (Å²) in [6, 6.07) is 15.9. The van der Waals surface area contributed by atoms with Crippen molar-refractivity contribution >= 4 is 67.8 Å². The fraction of sp³-hybridized carbons (Fsp3) is 0.358. The van der Waals surface area contributed by atoms with Crippen molar-refractivity contribution in [2.75, 3.05) is 122 Å². The van der Waals surface area contributed by atoms with Crippen LogP contribution in [0.2, 0.25) is 0 Å². The van der Waals surface area contributed by atoms with E-state index in [0.29, 0.717) is 74.9 Å². The lowest BCUT2D eigenvalue weighted by Crippen LogP contribution is -2.29. The van der Waals surface area contributed by atoms with E-state index in [1.165, 1.54) is 62.9 Å².